The summed E-state index contributed by atoms with van der Waals surface area (Å²) >= 11 is 0. The lowest BCUT2D eigenvalue weighted by molar-refractivity contribution is -0.0414. The molecule has 36 heavy (non-hydrogen) atoms. The Morgan fingerprint density at radius 1 is 1.22 bits per heavy atom. The van der Waals surface area contributed by atoms with Gasteiger partial charge in [-0.05, 0) is 52.0 Å². The van der Waals surface area contributed by atoms with Gasteiger partial charge in [-0.2, -0.15) is 0 Å². The third-order valence-corrected chi connectivity index (χ3v) is 5.78. The van der Waals surface area contributed by atoms with Crippen LogP contribution in [-0.4, -0.2) is 60.3 Å². The summed E-state index contributed by atoms with van der Waals surface area (Å²) in [5.74, 6) is -2.52. The van der Waals surface area contributed by atoms with Gasteiger partial charge in [-0.3, -0.25) is 4.79 Å². The van der Waals surface area contributed by atoms with Crippen molar-refractivity contribution in [3.63, 3.8) is 0 Å². The number of hydrogen-bond donors (Lipinski definition) is 1. The Hall–Kier alpha value is -3.53. The summed E-state index contributed by atoms with van der Waals surface area (Å²) < 4.78 is 47.6. The van der Waals surface area contributed by atoms with Crippen molar-refractivity contribution in [2.45, 2.75) is 45.8 Å². The molecule has 8 nitrogen and oxygen atoms in total. The average molecular weight is 502 g/mol. The van der Waals surface area contributed by atoms with Gasteiger partial charge in [-0.1, -0.05) is 0 Å². The predicted octanol–water partition coefficient (Wildman–Crippen LogP) is 4.62. The van der Waals surface area contributed by atoms with Gasteiger partial charge in [0.2, 0.25) is 5.71 Å². The molecule has 3 heterocycles. The van der Waals surface area contributed by atoms with Crippen LogP contribution >= 0.6 is 0 Å². The quantitative estimate of drug-likeness (QED) is 0.561. The van der Waals surface area contributed by atoms with Crippen LogP contribution in [0, 0.1) is 18.6 Å². The second kappa shape index (κ2) is 9.85. The highest BCUT2D eigenvalue weighted by Crippen LogP contribution is 2.37. The van der Waals surface area contributed by atoms with Gasteiger partial charge in [0.1, 0.15) is 23.0 Å². The minimum atomic E-state index is -0.939. The number of morpholine rings is 1. The van der Waals surface area contributed by atoms with Crippen LogP contribution in [0.15, 0.2) is 28.7 Å². The van der Waals surface area contributed by atoms with E-state index in [1.165, 1.54) is 7.05 Å². The summed E-state index contributed by atoms with van der Waals surface area (Å²) in [4.78, 5) is 30.4. The van der Waals surface area contributed by atoms with Crippen LogP contribution in [-0.2, 0) is 15.9 Å². The molecule has 0 spiro atoms. The van der Waals surface area contributed by atoms with Crippen molar-refractivity contribution in [3.05, 3.63) is 52.7 Å². The summed E-state index contributed by atoms with van der Waals surface area (Å²) in [5.41, 5.74) is 0.223. The molecule has 3 aromatic rings. The van der Waals surface area contributed by atoms with E-state index in [2.05, 4.69) is 10.3 Å². The number of nitrogens with zero attached hydrogens (tertiary/aromatic N) is 2. The van der Waals surface area contributed by atoms with Gasteiger partial charge in [-0.25, -0.2) is 18.6 Å². The fraction of sp³-hybridized carbons (Fsp3) is 0.423. The third kappa shape index (κ3) is 5.33. The number of ether oxygens (including phenoxy) is 2. The lowest BCUT2D eigenvalue weighted by Gasteiger charge is -2.34. The minimum Gasteiger partial charge on any atom is -0.444 e. The molecule has 1 N–H and O–H groups in total. The lowest BCUT2D eigenvalue weighted by atomic mass is 9.98. The van der Waals surface area contributed by atoms with Crippen LogP contribution in [0.2, 0.25) is 0 Å². The first-order chi connectivity index (χ1) is 17.0. The van der Waals surface area contributed by atoms with Gasteiger partial charge in [0.25, 0.3) is 5.91 Å². The van der Waals surface area contributed by atoms with Crippen molar-refractivity contribution < 1.29 is 32.3 Å². The fourth-order valence-corrected chi connectivity index (χ4v) is 4.15. The van der Waals surface area contributed by atoms with Crippen LogP contribution < -0.4 is 5.32 Å². The molecule has 192 valence electrons. The zero-order valence-electron chi connectivity index (χ0n) is 20.9. The first-order valence-electron chi connectivity index (χ1n) is 11.7. The van der Waals surface area contributed by atoms with E-state index in [-0.39, 0.29) is 36.6 Å². The molecule has 2 amide bonds. The SMILES string of the molecule is CNC(=O)c1cc(F)c(-c2oc3nc(C)ccc3c2CC2CN(C(=O)OC(C)(C)C)CCO2)c(F)c1. The molecule has 1 unspecified atom stereocenters. The van der Waals surface area contributed by atoms with E-state index in [9.17, 15) is 9.59 Å². The normalized spacial score (nSPS) is 16.3. The van der Waals surface area contributed by atoms with E-state index >= 15 is 8.78 Å². The zero-order valence-corrected chi connectivity index (χ0v) is 20.9. The Morgan fingerprint density at radius 2 is 1.92 bits per heavy atom. The largest absolute Gasteiger partial charge is 0.444 e. The molecule has 0 saturated carbocycles. The molecule has 0 aliphatic carbocycles. The first-order valence-corrected chi connectivity index (χ1v) is 11.7. The number of nitrogens with one attached hydrogen (secondary N) is 1. The van der Waals surface area contributed by atoms with Gasteiger partial charge >= 0.3 is 6.09 Å². The van der Waals surface area contributed by atoms with Crippen LogP contribution in [0.25, 0.3) is 22.4 Å². The number of benzene rings is 1. The molecular formula is C26H29F2N3O5. The fourth-order valence-electron chi connectivity index (χ4n) is 4.15. The number of aromatic nitrogens is 1. The number of aryl methyl sites for hydroxylation is 1. The highest BCUT2D eigenvalue weighted by atomic mass is 19.1. The maximum Gasteiger partial charge on any atom is 0.410 e. The first kappa shape index (κ1) is 25.6. The topological polar surface area (TPSA) is 93.9 Å². The van der Waals surface area contributed by atoms with E-state index in [1.807, 2.05) is 0 Å². The standard InChI is InChI=1S/C26H29F2N3O5/c1-14-6-7-17-18(12-16-13-31(8-9-34-16)25(33)36-26(2,3)4)22(35-24(17)30-14)21-19(27)10-15(11-20(21)28)23(32)29-5/h6-7,10-11,16H,8-9,12-13H2,1-5H3,(H,29,32). The van der Waals surface area contributed by atoms with E-state index in [0.717, 1.165) is 12.1 Å². The maximum atomic E-state index is 15.2. The van der Waals surface area contributed by atoms with Gasteiger partial charge in [-0.15, -0.1) is 0 Å². The van der Waals surface area contributed by atoms with Crippen LogP contribution in [0.3, 0.4) is 0 Å². The molecule has 0 radical (unpaired) electrons. The highest BCUT2D eigenvalue weighted by Gasteiger charge is 2.31. The number of rotatable bonds is 4. The van der Waals surface area contributed by atoms with Crippen molar-refractivity contribution in [2.75, 3.05) is 26.7 Å². The number of carbonyl (C=O) groups is 2. The number of carbonyl (C=O) groups excluding carboxylic acids is 2. The second-order valence-electron chi connectivity index (χ2n) is 9.73. The minimum absolute atomic E-state index is 0.0282. The number of fused-ring (bicyclic) bond motifs is 1. The highest BCUT2D eigenvalue weighted by molar-refractivity contribution is 5.95. The number of halogens is 2. The van der Waals surface area contributed by atoms with Gasteiger partial charge in [0.15, 0.2) is 0 Å². The van der Waals surface area contributed by atoms with E-state index in [4.69, 9.17) is 13.9 Å². The molecule has 1 aliphatic rings. The second-order valence-corrected chi connectivity index (χ2v) is 9.73. The van der Waals surface area contributed by atoms with Crippen LogP contribution in [0.4, 0.5) is 13.6 Å². The summed E-state index contributed by atoms with van der Waals surface area (Å²) in [6, 6.07) is 5.49. The van der Waals surface area contributed by atoms with Gasteiger partial charge in [0, 0.05) is 42.2 Å². The lowest BCUT2D eigenvalue weighted by Crippen LogP contribution is -2.48. The number of pyridine rings is 1. The van der Waals surface area contributed by atoms with Crippen LogP contribution in [0.5, 0.6) is 0 Å². The molecule has 1 aliphatic heterocycles. The van der Waals surface area contributed by atoms with Crippen molar-refractivity contribution >= 4 is 23.1 Å². The zero-order chi connectivity index (χ0) is 26.2. The van der Waals surface area contributed by atoms with Crippen molar-refractivity contribution in [1.82, 2.24) is 15.2 Å². The average Bonchev–Trinajstić information content (AvgIpc) is 3.13. The molecule has 0 bridgehead atoms. The summed E-state index contributed by atoms with van der Waals surface area (Å²) in [6.07, 6.45) is -0.710. The van der Waals surface area contributed by atoms with E-state index in [1.54, 1.807) is 44.7 Å². The molecule has 4 rings (SSSR count). The number of hydrogen-bond acceptors (Lipinski definition) is 6. The third-order valence-electron chi connectivity index (χ3n) is 5.78. The Morgan fingerprint density at radius 3 is 2.56 bits per heavy atom. The molecule has 2 aromatic heterocycles. The summed E-state index contributed by atoms with van der Waals surface area (Å²) in [5, 5.41) is 2.94. The maximum absolute atomic E-state index is 15.2. The van der Waals surface area contributed by atoms with Gasteiger partial charge in [0.05, 0.1) is 24.8 Å². The monoisotopic (exact) mass is 501 g/mol. The molecule has 1 saturated heterocycles. The number of furan rings is 1. The van der Waals surface area contributed by atoms with Crippen LogP contribution in [0.1, 0.15) is 42.4 Å². The molecular weight excluding hydrogens is 472 g/mol. The Kier molecular flexibility index (Phi) is 6.99. The van der Waals surface area contributed by atoms with Gasteiger partial charge < -0.3 is 24.1 Å². The predicted molar refractivity (Wildman–Crippen MR) is 129 cm³/mol. The van der Waals surface area contributed by atoms with Crippen molar-refractivity contribution in [3.8, 4) is 11.3 Å². The van der Waals surface area contributed by atoms with Crippen molar-refractivity contribution in [1.29, 1.82) is 0 Å². The number of amides is 2. The smallest absolute Gasteiger partial charge is 0.410 e. The molecule has 10 heteroatoms. The Balaban J connectivity index is 1.72. The van der Waals surface area contributed by atoms with Crippen molar-refractivity contribution in [2.24, 2.45) is 0 Å². The molecule has 1 fully saturated rings. The Bertz CT molecular complexity index is 1290. The molecule has 1 aromatic carbocycles. The van der Waals surface area contributed by atoms with E-state index in [0.29, 0.717) is 23.2 Å². The summed E-state index contributed by atoms with van der Waals surface area (Å²) in [7, 11) is 1.38. The molecule has 1 atom stereocenters. The van der Waals surface area contributed by atoms with E-state index < -0.39 is 40.9 Å². The summed E-state index contributed by atoms with van der Waals surface area (Å²) in [6.45, 7) is 8.05. The Labute approximate surface area is 207 Å².